The lowest BCUT2D eigenvalue weighted by Gasteiger charge is -2.05. The van der Waals surface area contributed by atoms with Crippen molar-refractivity contribution in [2.24, 2.45) is 0 Å². The van der Waals surface area contributed by atoms with Gasteiger partial charge in [0.05, 0.1) is 10.5 Å². The van der Waals surface area contributed by atoms with Gasteiger partial charge in [-0.3, -0.25) is 10.1 Å². The molecular weight excluding hydrogens is 297 g/mol. The average molecular weight is 305 g/mol. The van der Waals surface area contributed by atoms with Crippen molar-refractivity contribution >= 4 is 17.6 Å². The zero-order valence-electron chi connectivity index (χ0n) is 10.8. The van der Waals surface area contributed by atoms with Crippen LogP contribution in [0.5, 0.6) is 0 Å². The molecule has 0 atom stereocenters. The molecule has 0 aliphatic carbocycles. The molecule has 2 aromatic rings. The van der Waals surface area contributed by atoms with Crippen molar-refractivity contribution in [3.05, 3.63) is 63.5 Å². The molecule has 0 saturated heterocycles. The molecule has 0 radical (unpaired) electrons. The van der Waals surface area contributed by atoms with Gasteiger partial charge in [0, 0.05) is 6.07 Å². The van der Waals surface area contributed by atoms with E-state index in [1.165, 1.54) is 6.07 Å². The predicted octanol–water partition coefficient (Wildman–Crippen LogP) is 2.80. The first-order chi connectivity index (χ1) is 10.3. The van der Waals surface area contributed by atoms with E-state index in [4.69, 9.17) is 10.2 Å². The molecule has 0 bridgehead atoms. The number of rotatable bonds is 4. The molecule has 0 aliphatic heterocycles. The number of hydrogen-bond donors (Lipinski definition) is 2. The smallest absolute Gasteiger partial charge is 0.342 e. The van der Waals surface area contributed by atoms with Gasteiger partial charge in [0.1, 0.15) is 11.4 Å². The van der Waals surface area contributed by atoms with Crippen molar-refractivity contribution in [2.75, 3.05) is 0 Å². The Morgan fingerprint density at radius 1 is 1.00 bits per heavy atom. The van der Waals surface area contributed by atoms with E-state index in [9.17, 15) is 24.1 Å². The maximum atomic E-state index is 13.4. The Labute approximate surface area is 122 Å². The van der Waals surface area contributed by atoms with Crippen LogP contribution in [-0.2, 0) is 0 Å². The molecule has 0 amide bonds. The number of nitro groups is 1. The van der Waals surface area contributed by atoms with E-state index in [0.717, 1.165) is 30.3 Å². The van der Waals surface area contributed by atoms with Crippen molar-refractivity contribution in [3.63, 3.8) is 0 Å². The molecule has 0 spiro atoms. The van der Waals surface area contributed by atoms with E-state index in [0.29, 0.717) is 0 Å². The number of halogens is 1. The molecule has 0 aliphatic rings. The summed E-state index contributed by atoms with van der Waals surface area (Å²) in [4.78, 5) is 31.9. The summed E-state index contributed by atoms with van der Waals surface area (Å²) in [7, 11) is 0. The first-order valence-corrected chi connectivity index (χ1v) is 5.85. The van der Waals surface area contributed by atoms with Gasteiger partial charge >= 0.3 is 11.9 Å². The lowest BCUT2D eigenvalue weighted by molar-refractivity contribution is -0.385. The standard InChI is InChI=1S/C14H8FNO6/c15-10-4-8(3-9(5-10)13(17)18)7-1-2-11(14(19)20)12(6-7)16(21)22/h1-6H,(H,17,18)(H,19,20). The second kappa shape index (κ2) is 5.60. The van der Waals surface area contributed by atoms with Crippen LogP contribution < -0.4 is 0 Å². The van der Waals surface area contributed by atoms with Crippen LogP contribution in [0.15, 0.2) is 36.4 Å². The maximum absolute atomic E-state index is 13.4. The number of nitrogens with zero attached hydrogens (tertiary/aromatic N) is 1. The molecule has 0 unspecified atom stereocenters. The van der Waals surface area contributed by atoms with Crippen molar-refractivity contribution in [2.45, 2.75) is 0 Å². The third kappa shape index (κ3) is 2.90. The van der Waals surface area contributed by atoms with Crippen LogP contribution in [0.3, 0.4) is 0 Å². The Hall–Kier alpha value is -3.29. The van der Waals surface area contributed by atoms with Crippen molar-refractivity contribution in [3.8, 4) is 11.1 Å². The fourth-order valence-corrected chi connectivity index (χ4v) is 1.92. The Morgan fingerprint density at radius 3 is 2.23 bits per heavy atom. The molecule has 0 heterocycles. The normalized spacial score (nSPS) is 10.2. The molecule has 2 rings (SSSR count). The highest BCUT2D eigenvalue weighted by molar-refractivity contribution is 5.94. The second-order valence-corrected chi connectivity index (χ2v) is 4.33. The summed E-state index contributed by atoms with van der Waals surface area (Å²) in [5.41, 5.74) is -1.26. The number of carboxylic acids is 2. The van der Waals surface area contributed by atoms with Gasteiger partial charge in [0.15, 0.2) is 0 Å². The number of carboxylic acid groups (broad SMARTS) is 2. The van der Waals surface area contributed by atoms with E-state index >= 15 is 0 Å². The highest BCUT2D eigenvalue weighted by atomic mass is 19.1. The summed E-state index contributed by atoms with van der Waals surface area (Å²) >= 11 is 0. The zero-order valence-corrected chi connectivity index (χ0v) is 10.8. The van der Waals surface area contributed by atoms with Crippen molar-refractivity contribution in [1.82, 2.24) is 0 Å². The second-order valence-electron chi connectivity index (χ2n) is 4.33. The van der Waals surface area contributed by atoms with Gasteiger partial charge in [-0.2, -0.15) is 0 Å². The maximum Gasteiger partial charge on any atom is 0.342 e. The largest absolute Gasteiger partial charge is 0.478 e. The summed E-state index contributed by atoms with van der Waals surface area (Å²) in [6, 6.07) is 6.19. The Balaban J connectivity index is 2.63. The summed E-state index contributed by atoms with van der Waals surface area (Å²) in [5, 5.41) is 28.7. The Bertz CT molecular complexity index is 802. The number of aromatic carboxylic acids is 2. The van der Waals surface area contributed by atoms with Crippen LogP contribution in [0, 0.1) is 15.9 Å². The quantitative estimate of drug-likeness (QED) is 0.662. The van der Waals surface area contributed by atoms with Gasteiger partial charge < -0.3 is 10.2 Å². The highest BCUT2D eigenvalue weighted by Gasteiger charge is 2.21. The van der Waals surface area contributed by atoms with Gasteiger partial charge in [-0.25, -0.2) is 14.0 Å². The topological polar surface area (TPSA) is 118 Å². The van der Waals surface area contributed by atoms with Gasteiger partial charge in [-0.1, -0.05) is 6.07 Å². The molecule has 0 fully saturated rings. The minimum absolute atomic E-state index is 0.0949. The molecular formula is C14H8FNO6. The average Bonchev–Trinajstić information content (AvgIpc) is 2.45. The SMILES string of the molecule is O=C(O)c1cc(F)cc(-c2ccc(C(=O)O)c([N+](=O)[O-])c2)c1. The molecule has 112 valence electrons. The lowest BCUT2D eigenvalue weighted by atomic mass is 10.00. The number of carbonyl (C=O) groups is 2. The van der Waals surface area contributed by atoms with Gasteiger partial charge in [-0.15, -0.1) is 0 Å². The zero-order chi connectivity index (χ0) is 16.4. The summed E-state index contributed by atoms with van der Waals surface area (Å²) in [6.07, 6.45) is 0. The lowest BCUT2D eigenvalue weighted by Crippen LogP contribution is -2.03. The highest BCUT2D eigenvalue weighted by Crippen LogP contribution is 2.28. The third-order valence-electron chi connectivity index (χ3n) is 2.90. The van der Waals surface area contributed by atoms with Crippen LogP contribution >= 0.6 is 0 Å². The Morgan fingerprint density at radius 2 is 1.68 bits per heavy atom. The van der Waals surface area contributed by atoms with E-state index in [1.54, 1.807) is 0 Å². The molecule has 2 aromatic carbocycles. The number of benzene rings is 2. The van der Waals surface area contributed by atoms with Crippen LogP contribution in [0.1, 0.15) is 20.7 Å². The van der Waals surface area contributed by atoms with E-state index in [-0.39, 0.29) is 16.7 Å². The minimum Gasteiger partial charge on any atom is -0.478 e. The minimum atomic E-state index is -1.47. The predicted molar refractivity (Wildman–Crippen MR) is 72.4 cm³/mol. The van der Waals surface area contributed by atoms with E-state index in [2.05, 4.69) is 0 Å². The van der Waals surface area contributed by atoms with Crippen molar-refractivity contribution in [1.29, 1.82) is 0 Å². The fourth-order valence-electron chi connectivity index (χ4n) is 1.92. The van der Waals surface area contributed by atoms with E-state index in [1.807, 2.05) is 0 Å². The monoisotopic (exact) mass is 305 g/mol. The molecule has 7 nitrogen and oxygen atoms in total. The summed E-state index contributed by atoms with van der Waals surface area (Å²) in [6.45, 7) is 0. The summed E-state index contributed by atoms with van der Waals surface area (Å²) < 4.78 is 13.4. The van der Waals surface area contributed by atoms with Gasteiger partial charge in [0.25, 0.3) is 5.69 Å². The molecule has 22 heavy (non-hydrogen) atoms. The first-order valence-electron chi connectivity index (χ1n) is 5.85. The first kappa shape index (κ1) is 15.1. The summed E-state index contributed by atoms with van der Waals surface area (Å²) in [5.74, 6) is -3.64. The Kier molecular flexibility index (Phi) is 3.85. The van der Waals surface area contributed by atoms with Crippen LogP contribution in [0.25, 0.3) is 11.1 Å². The van der Waals surface area contributed by atoms with Gasteiger partial charge in [-0.05, 0) is 35.4 Å². The molecule has 0 saturated carbocycles. The third-order valence-corrected chi connectivity index (χ3v) is 2.90. The molecule has 8 heteroatoms. The van der Waals surface area contributed by atoms with E-state index < -0.39 is 33.9 Å². The van der Waals surface area contributed by atoms with Gasteiger partial charge in [0.2, 0.25) is 0 Å². The van der Waals surface area contributed by atoms with Crippen LogP contribution in [-0.4, -0.2) is 27.1 Å². The fraction of sp³-hybridized carbons (Fsp3) is 0. The molecule has 0 aromatic heterocycles. The van der Waals surface area contributed by atoms with Crippen LogP contribution in [0.4, 0.5) is 10.1 Å². The number of nitro benzene ring substituents is 1. The van der Waals surface area contributed by atoms with Crippen LogP contribution in [0.2, 0.25) is 0 Å². The van der Waals surface area contributed by atoms with Crippen molar-refractivity contribution < 1.29 is 29.1 Å². The molecule has 2 N–H and O–H groups in total. The number of hydrogen-bond acceptors (Lipinski definition) is 4.